The number of rotatable bonds is 7. The molecule has 0 aliphatic rings. The van der Waals surface area contributed by atoms with Gasteiger partial charge in [0.25, 0.3) is 0 Å². The largest absolute Gasteiger partial charge is 0.336 e. The van der Waals surface area contributed by atoms with Crippen LogP contribution in [0, 0.1) is 0 Å². The highest BCUT2D eigenvalue weighted by Crippen LogP contribution is 2.00. The lowest BCUT2D eigenvalue weighted by Crippen LogP contribution is -2.43. The van der Waals surface area contributed by atoms with Gasteiger partial charge in [0.15, 0.2) is 0 Å². The Morgan fingerprint density at radius 2 is 1.60 bits per heavy atom. The number of nitrogens with zero attached hydrogens (tertiary/aromatic N) is 1. The van der Waals surface area contributed by atoms with E-state index in [9.17, 15) is 4.79 Å². The molecule has 0 spiro atoms. The normalized spacial score (nSPS) is 10.5. The highest BCUT2D eigenvalue weighted by atomic mass is 16.2. The van der Waals surface area contributed by atoms with E-state index in [0.29, 0.717) is 0 Å². The summed E-state index contributed by atoms with van der Waals surface area (Å²) in [6.45, 7) is 10.1. The summed E-state index contributed by atoms with van der Waals surface area (Å²) >= 11 is 0. The van der Waals surface area contributed by atoms with Crippen LogP contribution in [0.1, 0.15) is 53.4 Å². The van der Waals surface area contributed by atoms with Crippen LogP contribution in [0.2, 0.25) is 0 Å². The fraction of sp³-hybridized carbons (Fsp3) is 0.917. The Morgan fingerprint density at radius 3 is 1.93 bits per heavy atom. The zero-order valence-corrected chi connectivity index (χ0v) is 10.7. The molecule has 3 nitrogen and oxygen atoms in total. The van der Waals surface area contributed by atoms with Crippen molar-refractivity contribution in [2.75, 3.05) is 13.1 Å². The Hall–Kier alpha value is -0.730. The fourth-order valence-electron chi connectivity index (χ4n) is 1.35. The van der Waals surface area contributed by atoms with Gasteiger partial charge in [-0.3, -0.25) is 0 Å². The molecule has 1 N–H and O–H groups in total. The van der Waals surface area contributed by atoms with Crippen molar-refractivity contribution in [3.05, 3.63) is 0 Å². The zero-order valence-electron chi connectivity index (χ0n) is 10.7. The lowest BCUT2D eigenvalue weighted by Gasteiger charge is -2.24. The summed E-state index contributed by atoms with van der Waals surface area (Å²) < 4.78 is 0. The Balaban J connectivity index is 4.01. The Kier molecular flexibility index (Phi) is 8.15. The molecule has 0 aromatic rings. The highest BCUT2D eigenvalue weighted by molar-refractivity contribution is 5.74. The lowest BCUT2D eigenvalue weighted by molar-refractivity contribution is 0.193. The zero-order chi connectivity index (χ0) is 11.7. The van der Waals surface area contributed by atoms with Gasteiger partial charge in [0.1, 0.15) is 0 Å². The molecule has 90 valence electrons. The van der Waals surface area contributed by atoms with E-state index in [0.717, 1.165) is 38.8 Å². The van der Waals surface area contributed by atoms with Crippen molar-refractivity contribution in [2.45, 2.75) is 59.4 Å². The molecule has 2 amide bonds. The van der Waals surface area contributed by atoms with Gasteiger partial charge in [-0.05, 0) is 26.7 Å². The molecular weight excluding hydrogens is 188 g/mol. The minimum absolute atomic E-state index is 0.0897. The summed E-state index contributed by atoms with van der Waals surface area (Å²) in [7, 11) is 0. The van der Waals surface area contributed by atoms with Gasteiger partial charge in [-0.2, -0.15) is 0 Å². The quantitative estimate of drug-likeness (QED) is 0.694. The minimum Gasteiger partial charge on any atom is -0.336 e. The van der Waals surface area contributed by atoms with Crippen LogP contribution in [0.4, 0.5) is 4.79 Å². The van der Waals surface area contributed by atoms with E-state index < -0.39 is 0 Å². The predicted molar refractivity (Wildman–Crippen MR) is 65.1 cm³/mol. The molecular formula is C12H26N2O. The molecule has 0 aromatic carbocycles. The van der Waals surface area contributed by atoms with Crippen LogP contribution < -0.4 is 5.32 Å². The minimum atomic E-state index is 0.0897. The first kappa shape index (κ1) is 14.3. The smallest absolute Gasteiger partial charge is 0.317 e. The topological polar surface area (TPSA) is 32.3 Å². The van der Waals surface area contributed by atoms with E-state index >= 15 is 0 Å². The Bertz CT molecular complexity index is 161. The number of urea groups is 1. The van der Waals surface area contributed by atoms with Gasteiger partial charge in [0.05, 0.1) is 0 Å². The molecule has 0 radical (unpaired) electrons. The number of carbonyl (C=O) groups excluding carboxylic acids is 1. The molecule has 3 heteroatoms. The van der Waals surface area contributed by atoms with Crippen LogP contribution in [0.15, 0.2) is 0 Å². The van der Waals surface area contributed by atoms with E-state index in [4.69, 9.17) is 0 Å². The van der Waals surface area contributed by atoms with Gasteiger partial charge in [-0.15, -0.1) is 0 Å². The number of carbonyl (C=O) groups is 1. The maximum Gasteiger partial charge on any atom is 0.317 e. The van der Waals surface area contributed by atoms with Gasteiger partial charge >= 0.3 is 6.03 Å². The van der Waals surface area contributed by atoms with Gasteiger partial charge in [-0.1, -0.05) is 26.7 Å². The lowest BCUT2D eigenvalue weighted by atomic mass is 10.2. The summed E-state index contributed by atoms with van der Waals surface area (Å²) in [4.78, 5) is 13.7. The molecule has 0 aliphatic carbocycles. The third-order valence-electron chi connectivity index (χ3n) is 2.26. The van der Waals surface area contributed by atoms with Gasteiger partial charge in [0, 0.05) is 19.1 Å². The molecule has 15 heavy (non-hydrogen) atoms. The van der Waals surface area contributed by atoms with Crippen molar-refractivity contribution in [3.8, 4) is 0 Å². The SMILES string of the molecule is CCCCN(CCCC)C(=O)NC(C)C. The first-order valence-electron chi connectivity index (χ1n) is 6.17. The first-order valence-corrected chi connectivity index (χ1v) is 6.17. The van der Waals surface area contributed by atoms with Crippen molar-refractivity contribution in [1.82, 2.24) is 10.2 Å². The number of amides is 2. The highest BCUT2D eigenvalue weighted by Gasteiger charge is 2.12. The Labute approximate surface area is 94.2 Å². The second-order valence-corrected chi connectivity index (χ2v) is 4.30. The maximum absolute atomic E-state index is 11.8. The predicted octanol–water partition coefficient (Wildman–Crippen LogP) is 3.01. The summed E-state index contributed by atoms with van der Waals surface area (Å²) in [6, 6.07) is 0.315. The van der Waals surface area contributed by atoms with Gasteiger partial charge in [-0.25, -0.2) is 4.79 Å². The number of hydrogen-bond donors (Lipinski definition) is 1. The molecule has 0 fully saturated rings. The number of unbranched alkanes of at least 4 members (excludes halogenated alkanes) is 2. The summed E-state index contributed by atoms with van der Waals surface area (Å²) in [5.41, 5.74) is 0. The molecule has 0 atom stereocenters. The Morgan fingerprint density at radius 1 is 1.13 bits per heavy atom. The van der Waals surface area contributed by atoms with Crippen molar-refractivity contribution in [2.24, 2.45) is 0 Å². The number of hydrogen-bond acceptors (Lipinski definition) is 1. The third kappa shape index (κ3) is 7.23. The molecule has 0 rings (SSSR count). The average molecular weight is 214 g/mol. The fourth-order valence-corrected chi connectivity index (χ4v) is 1.35. The van der Waals surface area contributed by atoms with Gasteiger partial charge in [0.2, 0.25) is 0 Å². The summed E-state index contributed by atoms with van der Waals surface area (Å²) in [5.74, 6) is 0. The second-order valence-electron chi connectivity index (χ2n) is 4.30. The van der Waals surface area contributed by atoms with Crippen molar-refractivity contribution < 1.29 is 4.79 Å². The van der Waals surface area contributed by atoms with E-state index in [1.54, 1.807) is 0 Å². The van der Waals surface area contributed by atoms with Gasteiger partial charge < -0.3 is 10.2 Å². The van der Waals surface area contributed by atoms with E-state index in [1.165, 1.54) is 0 Å². The first-order chi connectivity index (χ1) is 7.11. The van der Waals surface area contributed by atoms with Crippen LogP contribution in [0.5, 0.6) is 0 Å². The molecule has 0 unspecified atom stereocenters. The van der Waals surface area contributed by atoms with Crippen LogP contribution in [0.3, 0.4) is 0 Å². The van der Waals surface area contributed by atoms with Crippen LogP contribution in [-0.4, -0.2) is 30.1 Å². The van der Waals surface area contributed by atoms with E-state index in [2.05, 4.69) is 19.2 Å². The van der Waals surface area contributed by atoms with Crippen molar-refractivity contribution in [1.29, 1.82) is 0 Å². The molecule has 0 bridgehead atoms. The molecule has 0 heterocycles. The molecule has 0 saturated carbocycles. The molecule has 0 saturated heterocycles. The average Bonchev–Trinajstić information content (AvgIpc) is 2.17. The van der Waals surface area contributed by atoms with E-state index in [-0.39, 0.29) is 12.1 Å². The molecule has 0 aromatic heterocycles. The van der Waals surface area contributed by atoms with Crippen LogP contribution >= 0.6 is 0 Å². The van der Waals surface area contributed by atoms with Crippen molar-refractivity contribution in [3.63, 3.8) is 0 Å². The summed E-state index contributed by atoms with van der Waals surface area (Å²) in [5, 5.41) is 2.95. The second kappa shape index (κ2) is 8.57. The number of nitrogens with one attached hydrogen (secondary N) is 1. The van der Waals surface area contributed by atoms with Crippen molar-refractivity contribution >= 4 is 6.03 Å². The van der Waals surface area contributed by atoms with Crippen LogP contribution in [-0.2, 0) is 0 Å². The maximum atomic E-state index is 11.8. The van der Waals surface area contributed by atoms with E-state index in [1.807, 2.05) is 18.7 Å². The molecule has 0 aliphatic heterocycles. The third-order valence-corrected chi connectivity index (χ3v) is 2.26. The summed E-state index contributed by atoms with van der Waals surface area (Å²) in [6.07, 6.45) is 4.46. The standard InChI is InChI=1S/C12H26N2O/c1-5-7-9-14(10-8-6-2)12(15)13-11(3)4/h11H,5-10H2,1-4H3,(H,13,15). The monoisotopic (exact) mass is 214 g/mol. The van der Waals surface area contributed by atoms with Crippen LogP contribution in [0.25, 0.3) is 0 Å².